The van der Waals surface area contributed by atoms with Gasteiger partial charge in [0.05, 0.1) is 12.7 Å². The summed E-state index contributed by atoms with van der Waals surface area (Å²) in [6.45, 7) is 7.32. The van der Waals surface area contributed by atoms with Crippen LogP contribution in [0, 0.1) is 23.9 Å². The molecule has 0 heterocycles. The number of rotatable bonds is 12. The highest BCUT2D eigenvalue weighted by Gasteiger charge is 2.05. The molecule has 2 heteroatoms. The molecule has 0 bridgehead atoms. The number of hydrogen-bond acceptors (Lipinski definition) is 2. The maximum atomic E-state index is 8.38. The average Bonchev–Trinajstić information content (AvgIpc) is 2.36. The van der Waals surface area contributed by atoms with Gasteiger partial charge >= 0.3 is 0 Å². The molecule has 1 atom stereocenters. The molecule has 2 nitrogen and oxygen atoms in total. The Morgan fingerprint density at radius 3 is 2.65 bits per heavy atom. The summed E-state index contributed by atoms with van der Waals surface area (Å²) in [7, 11) is 0. The van der Waals surface area contributed by atoms with Crippen molar-refractivity contribution in [3.63, 3.8) is 0 Å². The molecule has 0 aliphatic heterocycles. The fraction of sp³-hybridized carbons (Fsp3) is 0.867. The second-order valence-corrected chi connectivity index (χ2v) is 4.67. The summed E-state index contributed by atoms with van der Waals surface area (Å²) < 4.78 is 5.60. The molecule has 0 spiro atoms. The van der Waals surface area contributed by atoms with Crippen molar-refractivity contribution in [3.8, 4) is 6.07 Å². The molecule has 0 saturated heterocycles. The van der Waals surface area contributed by atoms with E-state index in [4.69, 9.17) is 10.00 Å². The number of unbranched alkanes of at least 4 members (excludes halogenated alkanes) is 5. The van der Waals surface area contributed by atoms with Gasteiger partial charge in [-0.25, -0.2) is 0 Å². The average molecular weight is 238 g/mol. The summed E-state index contributed by atoms with van der Waals surface area (Å²) in [5.74, 6) is 0.727. The number of ether oxygens (including phenoxy) is 1. The molecule has 1 unspecified atom stereocenters. The van der Waals surface area contributed by atoms with Crippen LogP contribution in [-0.2, 0) is 4.74 Å². The summed E-state index contributed by atoms with van der Waals surface area (Å²) in [6, 6.07) is 2.17. The van der Waals surface area contributed by atoms with Crippen LogP contribution in [0.4, 0.5) is 0 Å². The van der Waals surface area contributed by atoms with Crippen molar-refractivity contribution in [2.45, 2.75) is 71.6 Å². The van der Waals surface area contributed by atoms with Crippen LogP contribution < -0.4 is 0 Å². The Hall–Kier alpha value is -0.550. The molecule has 0 N–H and O–H groups in total. The Kier molecular flexibility index (Phi) is 13.1. The van der Waals surface area contributed by atoms with Crippen LogP contribution in [0.3, 0.4) is 0 Å². The largest absolute Gasteiger partial charge is 0.375 e. The smallest absolute Gasteiger partial charge is 0.0836 e. The number of hydrogen-bond donors (Lipinski definition) is 0. The van der Waals surface area contributed by atoms with E-state index in [2.05, 4.69) is 19.9 Å². The van der Waals surface area contributed by atoms with Gasteiger partial charge in [-0.2, -0.15) is 5.26 Å². The lowest BCUT2D eigenvalue weighted by Gasteiger charge is -2.14. The monoisotopic (exact) mass is 238 g/mol. The summed E-state index contributed by atoms with van der Waals surface area (Å²) in [5.41, 5.74) is 0. The highest BCUT2D eigenvalue weighted by atomic mass is 16.5. The maximum absolute atomic E-state index is 8.38. The first-order chi connectivity index (χ1) is 8.35. The third kappa shape index (κ3) is 11.7. The standard InChI is InChI=1S/C15H28NO/c1-3-5-11-15(4-2)14-17-13-10-8-6-7-9-12-16/h13,15H,3-11,14H2,1-2H3. The quantitative estimate of drug-likeness (QED) is 0.455. The predicted octanol–water partition coefficient (Wildman–Crippen LogP) is 4.86. The van der Waals surface area contributed by atoms with Crippen molar-refractivity contribution in [1.29, 1.82) is 5.26 Å². The van der Waals surface area contributed by atoms with Crippen LogP contribution in [0.2, 0.25) is 0 Å². The first-order valence-corrected chi connectivity index (χ1v) is 7.15. The molecule has 17 heavy (non-hydrogen) atoms. The van der Waals surface area contributed by atoms with E-state index in [1.54, 1.807) is 0 Å². The van der Waals surface area contributed by atoms with Crippen LogP contribution >= 0.6 is 0 Å². The van der Waals surface area contributed by atoms with Gasteiger partial charge in [0.2, 0.25) is 0 Å². The summed E-state index contributed by atoms with van der Waals surface area (Å²) in [5, 5.41) is 8.38. The number of nitrogens with zero attached hydrogens (tertiary/aromatic N) is 1. The molecule has 0 aliphatic rings. The van der Waals surface area contributed by atoms with Crippen molar-refractivity contribution in [2.24, 2.45) is 5.92 Å². The van der Waals surface area contributed by atoms with Crippen LogP contribution in [0.25, 0.3) is 0 Å². The molecule has 0 fully saturated rings. The van der Waals surface area contributed by atoms with Crippen molar-refractivity contribution < 1.29 is 4.74 Å². The minimum Gasteiger partial charge on any atom is -0.375 e. The Morgan fingerprint density at radius 2 is 2.00 bits per heavy atom. The lowest BCUT2D eigenvalue weighted by Crippen LogP contribution is -2.07. The molecular weight excluding hydrogens is 210 g/mol. The third-order valence-electron chi connectivity index (χ3n) is 3.10. The lowest BCUT2D eigenvalue weighted by atomic mass is 10.0. The molecule has 0 aliphatic carbocycles. The third-order valence-corrected chi connectivity index (χ3v) is 3.10. The fourth-order valence-electron chi connectivity index (χ4n) is 1.79. The minimum atomic E-state index is 0.690. The Balaban J connectivity index is 3.22. The molecule has 0 aromatic carbocycles. The molecule has 0 saturated carbocycles. The van der Waals surface area contributed by atoms with Gasteiger partial charge in [0, 0.05) is 13.0 Å². The van der Waals surface area contributed by atoms with Gasteiger partial charge in [0.1, 0.15) is 0 Å². The molecule has 1 radical (unpaired) electrons. The van der Waals surface area contributed by atoms with E-state index in [-0.39, 0.29) is 0 Å². The zero-order valence-corrected chi connectivity index (χ0v) is 11.6. The van der Waals surface area contributed by atoms with Gasteiger partial charge in [-0.05, 0) is 25.2 Å². The predicted molar refractivity (Wildman–Crippen MR) is 72.3 cm³/mol. The van der Waals surface area contributed by atoms with Gasteiger partial charge < -0.3 is 4.74 Å². The Morgan fingerprint density at radius 1 is 1.18 bits per heavy atom. The van der Waals surface area contributed by atoms with Crippen molar-refractivity contribution in [3.05, 3.63) is 6.61 Å². The zero-order valence-electron chi connectivity index (χ0n) is 11.6. The van der Waals surface area contributed by atoms with Crippen LogP contribution in [0.5, 0.6) is 0 Å². The molecule has 99 valence electrons. The van der Waals surface area contributed by atoms with Gasteiger partial charge in [-0.3, -0.25) is 0 Å². The highest BCUT2D eigenvalue weighted by Crippen LogP contribution is 2.14. The van der Waals surface area contributed by atoms with E-state index in [0.717, 1.165) is 38.2 Å². The van der Waals surface area contributed by atoms with E-state index in [9.17, 15) is 0 Å². The van der Waals surface area contributed by atoms with Crippen LogP contribution in [-0.4, -0.2) is 6.61 Å². The first kappa shape index (κ1) is 16.4. The second kappa shape index (κ2) is 13.5. The van der Waals surface area contributed by atoms with Gasteiger partial charge in [-0.15, -0.1) is 0 Å². The lowest BCUT2D eigenvalue weighted by molar-refractivity contribution is 0.139. The molecule has 0 aromatic heterocycles. The molecule has 0 aromatic rings. The SMILES string of the molecule is CCCCC(CC)CO[CH]CCCCCC#N. The van der Waals surface area contributed by atoms with Crippen LogP contribution in [0.1, 0.15) is 71.6 Å². The minimum absolute atomic E-state index is 0.690. The highest BCUT2D eigenvalue weighted by molar-refractivity contribution is 4.68. The first-order valence-electron chi connectivity index (χ1n) is 7.15. The topological polar surface area (TPSA) is 33.0 Å². The second-order valence-electron chi connectivity index (χ2n) is 4.67. The molecule has 0 rings (SSSR count). The molecular formula is C15H28NO. The molecule has 0 amide bonds. The van der Waals surface area contributed by atoms with E-state index >= 15 is 0 Å². The van der Waals surface area contributed by atoms with E-state index in [0.29, 0.717) is 6.42 Å². The summed E-state index contributed by atoms with van der Waals surface area (Å²) in [4.78, 5) is 0. The van der Waals surface area contributed by atoms with Crippen molar-refractivity contribution >= 4 is 0 Å². The van der Waals surface area contributed by atoms with Gasteiger partial charge in [0.25, 0.3) is 0 Å². The van der Waals surface area contributed by atoms with Crippen molar-refractivity contribution in [2.75, 3.05) is 6.61 Å². The Labute approximate surface area is 107 Å². The normalized spacial score (nSPS) is 12.3. The van der Waals surface area contributed by atoms with E-state index in [1.165, 1.54) is 25.7 Å². The van der Waals surface area contributed by atoms with Crippen molar-refractivity contribution in [1.82, 2.24) is 0 Å². The van der Waals surface area contributed by atoms with E-state index < -0.39 is 0 Å². The zero-order chi connectivity index (χ0) is 12.8. The number of nitriles is 1. The summed E-state index contributed by atoms with van der Waals surface area (Å²) >= 11 is 0. The van der Waals surface area contributed by atoms with Crippen LogP contribution in [0.15, 0.2) is 0 Å². The maximum Gasteiger partial charge on any atom is 0.0836 e. The fourth-order valence-corrected chi connectivity index (χ4v) is 1.79. The summed E-state index contributed by atoms with van der Waals surface area (Å²) in [6.07, 6.45) is 10.1. The van der Waals surface area contributed by atoms with Gasteiger partial charge in [0.15, 0.2) is 0 Å². The Bertz CT molecular complexity index is 186. The van der Waals surface area contributed by atoms with E-state index in [1.807, 2.05) is 6.61 Å². The van der Waals surface area contributed by atoms with Gasteiger partial charge in [-0.1, -0.05) is 46.0 Å².